The van der Waals surface area contributed by atoms with E-state index in [1.165, 1.54) is 5.39 Å². The molecule has 4 rings (SSSR count). The summed E-state index contributed by atoms with van der Waals surface area (Å²) in [5.74, 6) is -2.76. The Labute approximate surface area is 178 Å². The molecule has 6 nitrogen and oxygen atoms in total. The Morgan fingerprint density at radius 1 is 1.29 bits per heavy atom. The van der Waals surface area contributed by atoms with E-state index in [9.17, 15) is 13.2 Å². The number of aliphatic carboxylic acids is 1. The van der Waals surface area contributed by atoms with Crippen LogP contribution in [-0.4, -0.2) is 65.1 Å². The van der Waals surface area contributed by atoms with Gasteiger partial charge in [0.15, 0.2) is 0 Å². The third-order valence-electron chi connectivity index (χ3n) is 5.34. The number of nitrogens with zero attached hydrogens (tertiary/aromatic N) is 2. The molecule has 9 heteroatoms. The molecule has 3 atom stereocenters. The summed E-state index contributed by atoms with van der Waals surface area (Å²) in [6.45, 7) is 6.94. The van der Waals surface area contributed by atoms with Gasteiger partial charge >= 0.3 is 12.1 Å². The standard InChI is InChI=1S/C20H24N2O2.C2HF3O2/c1-2-12-23-19-10-9-18-20(19)24-13-11-22(18)14-16-8-7-15-5-3-4-6-17(15)21-16;3-2(4,5)1(6)7/h2-8,18-20H,1,9-14H2;(H,6,7)/t18-,19+,20+;/m0./s1. The highest BCUT2D eigenvalue weighted by atomic mass is 19.4. The summed E-state index contributed by atoms with van der Waals surface area (Å²) in [6, 6.07) is 13.0. The minimum absolute atomic E-state index is 0.180. The zero-order valence-corrected chi connectivity index (χ0v) is 16.9. The Bertz CT molecular complexity index is 906. The maximum absolute atomic E-state index is 10.6. The molecule has 0 spiro atoms. The maximum Gasteiger partial charge on any atom is 0.490 e. The summed E-state index contributed by atoms with van der Waals surface area (Å²) in [5.41, 5.74) is 2.20. The molecule has 168 valence electrons. The van der Waals surface area contributed by atoms with Gasteiger partial charge in [0, 0.05) is 24.5 Å². The van der Waals surface area contributed by atoms with E-state index in [0.29, 0.717) is 12.6 Å². The number of alkyl halides is 3. The van der Waals surface area contributed by atoms with Gasteiger partial charge in [-0.3, -0.25) is 9.88 Å². The number of halogens is 3. The third kappa shape index (κ3) is 6.03. The zero-order chi connectivity index (χ0) is 22.4. The number of hydrogen-bond acceptors (Lipinski definition) is 5. The lowest BCUT2D eigenvalue weighted by Gasteiger charge is -2.38. The normalized spacial score (nSPS) is 23.6. The molecular formula is C22H25F3N2O4. The van der Waals surface area contributed by atoms with E-state index in [-0.39, 0.29) is 12.2 Å². The van der Waals surface area contributed by atoms with Gasteiger partial charge in [0.25, 0.3) is 0 Å². The molecule has 2 fully saturated rings. The molecule has 1 saturated carbocycles. The van der Waals surface area contributed by atoms with Crippen LogP contribution in [0, 0.1) is 0 Å². The van der Waals surface area contributed by atoms with E-state index in [2.05, 4.69) is 41.8 Å². The van der Waals surface area contributed by atoms with Crippen molar-refractivity contribution in [2.75, 3.05) is 19.8 Å². The lowest BCUT2D eigenvalue weighted by molar-refractivity contribution is -0.192. The first-order valence-corrected chi connectivity index (χ1v) is 10.0. The van der Waals surface area contributed by atoms with Gasteiger partial charge in [-0.2, -0.15) is 13.2 Å². The fraction of sp³-hybridized carbons (Fsp3) is 0.455. The van der Waals surface area contributed by atoms with Crippen LogP contribution in [0.1, 0.15) is 18.5 Å². The summed E-state index contributed by atoms with van der Waals surface area (Å²) in [7, 11) is 0. The van der Waals surface area contributed by atoms with Crippen LogP contribution in [0.3, 0.4) is 0 Å². The topological polar surface area (TPSA) is 71.9 Å². The van der Waals surface area contributed by atoms with Gasteiger partial charge in [-0.25, -0.2) is 4.79 Å². The van der Waals surface area contributed by atoms with E-state index in [1.54, 1.807) is 0 Å². The molecule has 0 bridgehead atoms. The third-order valence-corrected chi connectivity index (χ3v) is 5.34. The number of para-hydroxylation sites is 1. The number of carboxylic acid groups (broad SMARTS) is 1. The Kier molecular flexibility index (Phi) is 7.64. The van der Waals surface area contributed by atoms with Crippen molar-refractivity contribution >= 4 is 16.9 Å². The molecule has 1 aromatic carbocycles. The molecule has 1 N–H and O–H groups in total. The summed E-state index contributed by atoms with van der Waals surface area (Å²) >= 11 is 0. The van der Waals surface area contributed by atoms with Crippen LogP contribution in [-0.2, 0) is 20.8 Å². The van der Waals surface area contributed by atoms with Crippen LogP contribution in [0.4, 0.5) is 13.2 Å². The molecule has 0 amide bonds. The van der Waals surface area contributed by atoms with E-state index in [0.717, 1.165) is 43.7 Å². The molecule has 1 aliphatic heterocycles. The number of ether oxygens (including phenoxy) is 2. The zero-order valence-electron chi connectivity index (χ0n) is 16.9. The van der Waals surface area contributed by atoms with Crippen LogP contribution in [0.5, 0.6) is 0 Å². The largest absolute Gasteiger partial charge is 0.490 e. The van der Waals surface area contributed by atoms with Crippen LogP contribution < -0.4 is 0 Å². The van der Waals surface area contributed by atoms with Crippen molar-refractivity contribution in [2.45, 2.75) is 43.8 Å². The highest BCUT2D eigenvalue weighted by molar-refractivity contribution is 5.78. The van der Waals surface area contributed by atoms with Crippen LogP contribution in [0.25, 0.3) is 10.9 Å². The molecule has 2 heterocycles. The number of carbonyl (C=O) groups is 1. The minimum Gasteiger partial charge on any atom is -0.475 e. The molecule has 0 unspecified atom stereocenters. The average Bonchev–Trinajstić information content (AvgIpc) is 3.16. The first-order chi connectivity index (χ1) is 14.8. The van der Waals surface area contributed by atoms with Crippen LogP contribution in [0.2, 0.25) is 0 Å². The number of pyridine rings is 1. The summed E-state index contributed by atoms with van der Waals surface area (Å²) in [6.07, 6.45) is -0.711. The number of benzene rings is 1. The number of rotatable bonds is 5. The van der Waals surface area contributed by atoms with Gasteiger partial charge in [0.1, 0.15) is 0 Å². The van der Waals surface area contributed by atoms with Crippen molar-refractivity contribution < 1.29 is 32.5 Å². The van der Waals surface area contributed by atoms with Gasteiger partial charge in [-0.15, -0.1) is 6.58 Å². The van der Waals surface area contributed by atoms with Crippen molar-refractivity contribution in [2.24, 2.45) is 0 Å². The molecule has 31 heavy (non-hydrogen) atoms. The molecule has 1 saturated heterocycles. The van der Waals surface area contributed by atoms with E-state index < -0.39 is 12.1 Å². The predicted octanol–water partition coefficient (Wildman–Crippen LogP) is 3.80. The summed E-state index contributed by atoms with van der Waals surface area (Å²) in [4.78, 5) is 16.2. The van der Waals surface area contributed by atoms with Crippen molar-refractivity contribution in [1.29, 1.82) is 0 Å². The second-order valence-corrected chi connectivity index (χ2v) is 7.41. The van der Waals surface area contributed by atoms with Gasteiger partial charge in [0.05, 0.1) is 36.6 Å². The SMILES string of the molecule is C=CCO[C@@H]1CC[C@H]2[C@H]1OCCN2Cc1ccc2ccccc2n1.O=C(O)C(F)(F)F. The highest BCUT2D eigenvalue weighted by Gasteiger charge is 2.43. The molecule has 2 aliphatic rings. The number of morpholine rings is 1. The number of fused-ring (bicyclic) bond motifs is 2. The fourth-order valence-electron chi connectivity index (χ4n) is 3.96. The fourth-order valence-corrected chi connectivity index (χ4v) is 3.96. The van der Waals surface area contributed by atoms with E-state index in [1.807, 2.05) is 12.1 Å². The van der Waals surface area contributed by atoms with Crippen molar-refractivity contribution in [3.63, 3.8) is 0 Å². The molecular weight excluding hydrogens is 413 g/mol. The Morgan fingerprint density at radius 2 is 2.03 bits per heavy atom. The second-order valence-electron chi connectivity index (χ2n) is 7.41. The molecule has 1 aromatic heterocycles. The highest BCUT2D eigenvalue weighted by Crippen LogP contribution is 2.33. The second kappa shape index (κ2) is 10.2. The van der Waals surface area contributed by atoms with Gasteiger partial charge in [-0.05, 0) is 25.0 Å². The lowest BCUT2D eigenvalue weighted by Crippen LogP contribution is -2.51. The van der Waals surface area contributed by atoms with Gasteiger partial charge < -0.3 is 14.6 Å². The monoisotopic (exact) mass is 438 g/mol. The first kappa shape index (κ1) is 23.2. The van der Waals surface area contributed by atoms with Gasteiger partial charge in [-0.1, -0.05) is 30.3 Å². The smallest absolute Gasteiger partial charge is 0.475 e. The molecule has 1 aliphatic carbocycles. The predicted molar refractivity (Wildman–Crippen MR) is 109 cm³/mol. The van der Waals surface area contributed by atoms with Crippen LogP contribution >= 0.6 is 0 Å². The van der Waals surface area contributed by atoms with Crippen molar-refractivity contribution in [1.82, 2.24) is 9.88 Å². The minimum atomic E-state index is -5.08. The summed E-state index contributed by atoms with van der Waals surface area (Å²) in [5, 5.41) is 8.32. The number of hydrogen-bond donors (Lipinski definition) is 1. The summed E-state index contributed by atoms with van der Waals surface area (Å²) < 4.78 is 43.7. The van der Waals surface area contributed by atoms with Crippen molar-refractivity contribution in [3.8, 4) is 0 Å². The van der Waals surface area contributed by atoms with Crippen LogP contribution in [0.15, 0.2) is 49.1 Å². The maximum atomic E-state index is 10.6. The van der Waals surface area contributed by atoms with E-state index >= 15 is 0 Å². The average molecular weight is 438 g/mol. The van der Waals surface area contributed by atoms with E-state index in [4.69, 9.17) is 24.4 Å². The molecule has 0 radical (unpaired) electrons. The molecule has 2 aromatic rings. The first-order valence-electron chi connectivity index (χ1n) is 10.0. The number of aromatic nitrogens is 1. The van der Waals surface area contributed by atoms with Crippen molar-refractivity contribution in [3.05, 3.63) is 54.7 Å². The quantitative estimate of drug-likeness (QED) is 0.716. The lowest BCUT2D eigenvalue weighted by atomic mass is 10.1. The number of carboxylic acids is 1. The Hall–Kier alpha value is -2.49. The van der Waals surface area contributed by atoms with Gasteiger partial charge in [0.2, 0.25) is 0 Å². The Balaban J connectivity index is 0.000000339. The Morgan fingerprint density at radius 3 is 2.74 bits per heavy atom.